The maximum atomic E-state index is 13.3. The van der Waals surface area contributed by atoms with Crippen LogP contribution < -0.4 is 11.1 Å². The predicted molar refractivity (Wildman–Crippen MR) is 160 cm³/mol. The van der Waals surface area contributed by atoms with E-state index in [0.717, 1.165) is 27.8 Å². The fraction of sp³-hybridized carbons (Fsp3) is 0.147. The summed E-state index contributed by atoms with van der Waals surface area (Å²) in [5, 5.41) is 10.8. The number of rotatable bonds is 11. The lowest BCUT2D eigenvalue weighted by Gasteiger charge is -2.24. The molecule has 0 radical (unpaired) electrons. The molecule has 6 nitrogen and oxygen atoms in total. The molecule has 40 heavy (non-hydrogen) atoms. The van der Waals surface area contributed by atoms with Gasteiger partial charge in [-0.25, -0.2) is 0 Å². The Kier molecular flexibility index (Phi) is 9.62. The summed E-state index contributed by atoms with van der Waals surface area (Å²) in [5.74, 6) is -1.40. The minimum absolute atomic E-state index is 0.0522. The normalized spacial score (nSPS) is 12.4. The summed E-state index contributed by atoms with van der Waals surface area (Å²) in [7, 11) is 1.34. The average molecular weight is 532 g/mol. The highest BCUT2D eigenvalue weighted by Crippen LogP contribution is 2.21. The topological polar surface area (TPSA) is 105 Å². The van der Waals surface area contributed by atoms with E-state index < -0.39 is 17.9 Å². The van der Waals surface area contributed by atoms with Gasteiger partial charge >= 0.3 is 5.97 Å². The molecule has 4 aromatic rings. The van der Waals surface area contributed by atoms with Crippen LogP contribution in [0.3, 0.4) is 0 Å². The van der Waals surface area contributed by atoms with Crippen LogP contribution in [-0.4, -0.2) is 30.9 Å². The molecule has 202 valence electrons. The molecule has 0 saturated heterocycles. The van der Waals surface area contributed by atoms with Crippen molar-refractivity contribution in [2.75, 3.05) is 7.11 Å². The summed E-state index contributed by atoms with van der Waals surface area (Å²) >= 11 is 0. The summed E-state index contributed by atoms with van der Waals surface area (Å²) in [6.07, 6.45) is 4.19. The Balaban J connectivity index is 1.56. The number of amidine groups is 1. The van der Waals surface area contributed by atoms with Crippen molar-refractivity contribution in [3.63, 3.8) is 0 Å². The van der Waals surface area contributed by atoms with Crippen LogP contribution in [0, 0.1) is 11.3 Å². The molecule has 4 rings (SSSR count). The van der Waals surface area contributed by atoms with Crippen molar-refractivity contribution in [3.8, 4) is 11.1 Å². The minimum atomic E-state index is -0.698. The number of carbonyl (C=O) groups excluding carboxylic acids is 2. The first-order valence-electron chi connectivity index (χ1n) is 13.1. The second kappa shape index (κ2) is 13.7. The maximum absolute atomic E-state index is 13.3. The molecule has 4 aromatic carbocycles. The molecule has 0 spiro atoms. The van der Waals surface area contributed by atoms with Crippen molar-refractivity contribution >= 4 is 23.8 Å². The van der Waals surface area contributed by atoms with Crippen LogP contribution >= 0.6 is 0 Å². The first-order chi connectivity index (χ1) is 19.4. The molecule has 0 aliphatic heterocycles. The van der Waals surface area contributed by atoms with E-state index in [1.807, 2.05) is 103 Å². The van der Waals surface area contributed by atoms with Gasteiger partial charge in [0.1, 0.15) is 5.84 Å². The SMILES string of the molecule is COC(=O)[C@@H](Cc1cccc(C(=N)N)c1)[C@@H](/C=C/c1ccccc1)NC(=O)Cc1ccc(-c2ccccc2)cc1. The van der Waals surface area contributed by atoms with Crippen molar-refractivity contribution < 1.29 is 14.3 Å². The number of amides is 1. The molecule has 4 N–H and O–H groups in total. The third-order valence-electron chi connectivity index (χ3n) is 6.68. The molecule has 0 aliphatic carbocycles. The van der Waals surface area contributed by atoms with Crippen molar-refractivity contribution in [3.05, 3.63) is 138 Å². The summed E-state index contributed by atoms with van der Waals surface area (Å²) in [6, 6.07) is 34.2. The highest BCUT2D eigenvalue weighted by atomic mass is 16.5. The average Bonchev–Trinajstić information content (AvgIpc) is 2.99. The number of hydrogen-bond donors (Lipinski definition) is 3. The quantitative estimate of drug-likeness (QED) is 0.137. The number of hydrogen-bond acceptors (Lipinski definition) is 4. The van der Waals surface area contributed by atoms with Gasteiger partial charge in [-0.15, -0.1) is 0 Å². The van der Waals surface area contributed by atoms with Crippen molar-refractivity contribution in [2.24, 2.45) is 11.7 Å². The van der Waals surface area contributed by atoms with E-state index >= 15 is 0 Å². The fourth-order valence-electron chi connectivity index (χ4n) is 4.56. The third kappa shape index (κ3) is 7.77. The van der Waals surface area contributed by atoms with E-state index in [-0.39, 0.29) is 18.2 Å². The van der Waals surface area contributed by atoms with Crippen LogP contribution in [-0.2, 0) is 27.2 Å². The van der Waals surface area contributed by atoms with E-state index in [0.29, 0.717) is 12.0 Å². The number of methoxy groups -OCH3 is 1. The van der Waals surface area contributed by atoms with Gasteiger partial charge in [0.25, 0.3) is 0 Å². The number of carbonyl (C=O) groups is 2. The Morgan fingerprint density at radius 3 is 2.15 bits per heavy atom. The Morgan fingerprint density at radius 2 is 1.50 bits per heavy atom. The molecule has 0 bridgehead atoms. The van der Waals surface area contributed by atoms with Gasteiger partial charge in [-0.05, 0) is 40.3 Å². The Labute approximate surface area is 235 Å². The fourth-order valence-corrected chi connectivity index (χ4v) is 4.56. The molecular formula is C34H33N3O3. The Hall–Kier alpha value is -4.97. The molecule has 1 amide bonds. The zero-order valence-corrected chi connectivity index (χ0v) is 22.4. The predicted octanol–water partition coefficient (Wildman–Crippen LogP) is 5.41. The number of nitrogen functional groups attached to an aromatic ring is 1. The van der Waals surface area contributed by atoms with E-state index in [9.17, 15) is 9.59 Å². The largest absolute Gasteiger partial charge is 0.469 e. The van der Waals surface area contributed by atoms with Crippen LogP contribution in [0.2, 0.25) is 0 Å². The Morgan fingerprint density at radius 1 is 0.850 bits per heavy atom. The third-order valence-corrected chi connectivity index (χ3v) is 6.68. The zero-order valence-electron chi connectivity index (χ0n) is 22.4. The number of nitrogens with two attached hydrogens (primary N) is 1. The van der Waals surface area contributed by atoms with E-state index in [2.05, 4.69) is 5.32 Å². The summed E-state index contributed by atoms with van der Waals surface area (Å²) in [6.45, 7) is 0. The molecule has 0 heterocycles. The molecular weight excluding hydrogens is 498 g/mol. The lowest BCUT2D eigenvalue weighted by molar-refractivity contribution is -0.146. The van der Waals surface area contributed by atoms with Gasteiger partial charge in [0.2, 0.25) is 5.91 Å². The first kappa shape index (κ1) is 28.0. The van der Waals surface area contributed by atoms with Gasteiger partial charge in [0.05, 0.1) is 25.5 Å². The summed E-state index contributed by atoms with van der Waals surface area (Å²) < 4.78 is 5.16. The lowest BCUT2D eigenvalue weighted by Crippen LogP contribution is -2.44. The molecule has 6 heteroatoms. The second-order valence-electron chi connectivity index (χ2n) is 9.55. The summed E-state index contributed by atoms with van der Waals surface area (Å²) in [5.41, 5.74) is 11.1. The van der Waals surface area contributed by atoms with Gasteiger partial charge in [0, 0.05) is 5.56 Å². The molecule has 0 saturated carbocycles. The number of esters is 1. The van der Waals surface area contributed by atoms with Crippen molar-refractivity contribution in [2.45, 2.75) is 18.9 Å². The Bertz CT molecular complexity index is 1470. The van der Waals surface area contributed by atoms with Crippen molar-refractivity contribution in [1.29, 1.82) is 5.41 Å². The molecule has 0 aromatic heterocycles. The molecule has 0 fully saturated rings. The van der Waals surface area contributed by atoms with Crippen LogP contribution in [0.1, 0.15) is 22.3 Å². The van der Waals surface area contributed by atoms with Gasteiger partial charge < -0.3 is 15.8 Å². The second-order valence-corrected chi connectivity index (χ2v) is 9.55. The highest BCUT2D eigenvalue weighted by Gasteiger charge is 2.29. The molecule has 2 atom stereocenters. The monoisotopic (exact) mass is 531 g/mol. The van der Waals surface area contributed by atoms with Crippen LogP contribution in [0.25, 0.3) is 17.2 Å². The van der Waals surface area contributed by atoms with Crippen molar-refractivity contribution in [1.82, 2.24) is 5.32 Å². The van der Waals surface area contributed by atoms with Crippen LogP contribution in [0.15, 0.2) is 115 Å². The minimum Gasteiger partial charge on any atom is -0.469 e. The number of ether oxygens (including phenoxy) is 1. The molecule has 0 unspecified atom stereocenters. The van der Waals surface area contributed by atoms with E-state index in [1.165, 1.54) is 7.11 Å². The smallest absolute Gasteiger partial charge is 0.311 e. The summed E-state index contributed by atoms with van der Waals surface area (Å²) in [4.78, 5) is 26.3. The zero-order chi connectivity index (χ0) is 28.3. The van der Waals surface area contributed by atoms with E-state index in [4.69, 9.17) is 15.9 Å². The first-order valence-corrected chi connectivity index (χ1v) is 13.1. The highest BCUT2D eigenvalue weighted by molar-refractivity contribution is 5.95. The van der Waals surface area contributed by atoms with Gasteiger partial charge in [-0.2, -0.15) is 0 Å². The number of nitrogens with one attached hydrogen (secondary N) is 2. The molecule has 0 aliphatic rings. The van der Waals surface area contributed by atoms with E-state index in [1.54, 1.807) is 18.2 Å². The lowest BCUT2D eigenvalue weighted by atomic mass is 9.90. The van der Waals surface area contributed by atoms with Crippen LogP contribution in [0.4, 0.5) is 0 Å². The van der Waals surface area contributed by atoms with Gasteiger partial charge in [0.15, 0.2) is 0 Å². The standard InChI is InChI=1S/C34H33N3O3/c1-40-34(39)30(22-26-11-8-14-29(21-26)33(35)36)31(20-17-24-9-4-2-5-10-24)37-32(38)23-25-15-18-28(19-16-25)27-12-6-3-7-13-27/h2-21,30-31H,22-23H2,1H3,(H3,35,36)(H,37,38)/b20-17+/t30-,31+/m0/s1. The van der Waals surface area contributed by atoms with Crippen LogP contribution in [0.5, 0.6) is 0 Å². The maximum Gasteiger partial charge on any atom is 0.311 e. The van der Waals surface area contributed by atoms with Gasteiger partial charge in [-0.1, -0.05) is 115 Å². The number of benzene rings is 4. The van der Waals surface area contributed by atoms with Gasteiger partial charge in [-0.3, -0.25) is 15.0 Å².